The Kier molecular flexibility index (Phi) is 4.43. The van der Waals surface area contributed by atoms with E-state index in [4.69, 9.17) is 4.74 Å². The Bertz CT molecular complexity index is 548. The van der Waals surface area contributed by atoms with E-state index in [0.29, 0.717) is 5.92 Å². The van der Waals surface area contributed by atoms with Gasteiger partial charge in [0.15, 0.2) is 0 Å². The zero-order valence-electron chi connectivity index (χ0n) is 11.9. The molecular weight excluding hydrogens is 236 g/mol. The molecule has 19 heavy (non-hydrogen) atoms. The third-order valence-corrected chi connectivity index (χ3v) is 3.78. The SMILES string of the molecule is CCC(C)CC(O)c1ccc2cc(OC)ccc2c1. The molecule has 0 amide bonds. The summed E-state index contributed by atoms with van der Waals surface area (Å²) in [5.41, 5.74) is 0.998. The van der Waals surface area contributed by atoms with Gasteiger partial charge in [0.1, 0.15) is 5.75 Å². The summed E-state index contributed by atoms with van der Waals surface area (Å²) < 4.78 is 5.22. The predicted molar refractivity (Wildman–Crippen MR) is 79.5 cm³/mol. The number of aliphatic hydroxyl groups excluding tert-OH is 1. The lowest BCUT2D eigenvalue weighted by atomic mass is 9.95. The Balaban J connectivity index is 2.26. The van der Waals surface area contributed by atoms with E-state index in [-0.39, 0.29) is 6.10 Å². The highest BCUT2D eigenvalue weighted by molar-refractivity contribution is 5.84. The molecule has 0 radical (unpaired) electrons. The van der Waals surface area contributed by atoms with Crippen LogP contribution in [0.15, 0.2) is 36.4 Å². The number of ether oxygens (including phenoxy) is 1. The van der Waals surface area contributed by atoms with Gasteiger partial charge in [0.2, 0.25) is 0 Å². The van der Waals surface area contributed by atoms with Crippen LogP contribution in [0.3, 0.4) is 0 Å². The molecule has 0 aliphatic heterocycles. The molecule has 102 valence electrons. The van der Waals surface area contributed by atoms with Gasteiger partial charge in [-0.2, -0.15) is 0 Å². The molecule has 2 aromatic rings. The number of hydrogen-bond donors (Lipinski definition) is 1. The minimum Gasteiger partial charge on any atom is -0.497 e. The molecule has 2 rings (SSSR count). The largest absolute Gasteiger partial charge is 0.497 e. The van der Waals surface area contributed by atoms with E-state index in [9.17, 15) is 5.11 Å². The second-order valence-electron chi connectivity index (χ2n) is 5.24. The van der Waals surface area contributed by atoms with Crippen LogP contribution in [0.25, 0.3) is 10.8 Å². The highest BCUT2D eigenvalue weighted by atomic mass is 16.5. The normalized spacial score (nSPS) is 14.3. The van der Waals surface area contributed by atoms with Crippen molar-refractivity contribution in [2.24, 2.45) is 5.92 Å². The number of benzene rings is 2. The van der Waals surface area contributed by atoms with Crippen LogP contribution in [0.2, 0.25) is 0 Å². The summed E-state index contributed by atoms with van der Waals surface area (Å²) in [5.74, 6) is 1.40. The lowest BCUT2D eigenvalue weighted by molar-refractivity contribution is 0.146. The van der Waals surface area contributed by atoms with Gasteiger partial charge in [-0.3, -0.25) is 0 Å². The van der Waals surface area contributed by atoms with Crippen molar-refractivity contribution < 1.29 is 9.84 Å². The number of aliphatic hydroxyl groups is 1. The summed E-state index contributed by atoms with van der Waals surface area (Å²) in [6, 6.07) is 12.1. The Hall–Kier alpha value is -1.54. The maximum absolute atomic E-state index is 10.3. The first-order chi connectivity index (χ1) is 9.13. The monoisotopic (exact) mass is 258 g/mol. The zero-order chi connectivity index (χ0) is 13.8. The van der Waals surface area contributed by atoms with Crippen molar-refractivity contribution in [2.75, 3.05) is 7.11 Å². The van der Waals surface area contributed by atoms with Gasteiger partial charge in [-0.25, -0.2) is 0 Å². The Labute approximate surface area is 115 Å². The summed E-state index contributed by atoms with van der Waals surface area (Å²) >= 11 is 0. The average Bonchev–Trinajstić information content (AvgIpc) is 2.45. The summed E-state index contributed by atoms with van der Waals surface area (Å²) in [6.45, 7) is 4.33. The number of hydrogen-bond acceptors (Lipinski definition) is 2. The summed E-state index contributed by atoms with van der Waals surface area (Å²) in [5, 5.41) is 12.5. The Morgan fingerprint density at radius 3 is 2.47 bits per heavy atom. The Morgan fingerprint density at radius 2 is 1.79 bits per heavy atom. The first kappa shape index (κ1) is 13.9. The van der Waals surface area contributed by atoms with Gasteiger partial charge in [-0.1, -0.05) is 38.5 Å². The first-order valence-electron chi connectivity index (χ1n) is 6.89. The van der Waals surface area contributed by atoms with Gasteiger partial charge in [0, 0.05) is 0 Å². The molecule has 0 aliphatic carbocycles. The van der Waals surface area contributed by atoms with Crippen molar-refractivity contribution in [3.63, 3.8) is 0 Å². The molecule has 0 spiro atoms. The molecule has 1 N–H and O–H groups in total. The van der Waals surface area contributed by atoms with E-state index in [1.165, 1.54) is 0 Å². The molecule has 0 heterocycles. The number of methoxy groups -OCH3 is 1. The maximum Gasteiger partial charge on any atom is 0.119 e. The van der Waals surface area contributed by atoms with Crippen molar-refractivity contribution in [3.05, 3.63) is 42.0 Å². The van der Waals surface area contributed by atoms with Crippen LogP contribution in [-0.2, 0) is 0 Å². The summed E-state index contributed by atoms with van der Waals surface area (Å²) in [7, 11) is 1.67. The standard InChI is InChI=1S/C17H22O2/c1-4-12(2)9-17(18)15-6-5-14-11-16(19-3)8-7-13(14)10-15/h5-8,10-12,17-18H,4,9H2,1-3H3. The van der Waals surface area contributed by atoms with Gasteiger partial charge in [0.05, 0.1) is 13.2 Å². The van der Waals surface area contributed by atoms with E-state index in [0.717, 1.165) is 34.9 Å². The molecule has 2 aromatic carbocycles. The topological polar surface area (TPSA) is 29.5 Å². The quantitative estimate of drug-likeness (QED) is 0.865. The van der Waals surface area contributed by atoms with Crippen LogP contribution in [0.5, 0.6) is 5.75 Å². The van der Waals surface area contributed by atoms with E-state index in [1.807, 2.05) is 30.3 Å². The molecule has 2 atom stereocenters. The van der Waals surface area contributed by atoms with Crippen molar-refractivity contribution in [3.8, 4) is 5.75 Å². The van der Waals surface area contributed by atoms with Crippen LogP contribution < -0.4 is 4.74 Å². The summed E-state index contributed by atoms with van der Waals surface area (Å²) in [4.78, 5) is 0. The average molecular weight is 258 g/mol. The second-order valence-corrected chi connectivity index (χ2v) is 5.24. The van der Waals surface area contributed by atoms with Gasteiger partial charge in [-0.05, 0) is 46.9 Å². The second kappa shape index (κ2) is 6.07. The van der Waals surface area contributed by atoms with Crippen LogP contribution >= 0.6 is 0 Å². The molecule has 0 fully saturated rings. The predicted octanol–water partition coefficient (Wildman–Crippen LogP) is 4.32. The molecule has 0 saturated carbocycles. The molecule has 0 aromatic heterocycles. The fraction of sp³-hybridized carbons (Fsp3) is 0.412. The lowest BCUT2D eigenvalue weighted by Gasteiger charge is -2.16. The van der Waals surface area contributed by atoms with Crippen molar-refractivity contribution in [1.29, 1.82) is 0 Å². The highest BCUT2D eigenvalue weighted by Crippen LogP contribution is 2.27. The van der Waals surface area contributed by atoms with Gasteiger partial charge < -0.3 is 9.84 Å². The molecule has 2 unspecified atom stereocenters. The first-order valence-corrected chi connectivity index (χ1v) is 6.89. The van der Waals surface area contributed by atoms with E-state index in [1.54, 1.807) is 7.11 Å². The third kappa shape index (κ3) is 3.27. The molecule has 2 nitrogen and oxygen atoms in total. The van der Waals surface area contributed by atoms with E-state index < -0.39 is 0 Å². The fourth-order valence-corrected chi connectivity index (χ4v) is 2.26. The van der Waals surface area contributed by atoms with Crippen LogP contribution in [0.4, 0.5) is 0 Å². The van der Waals surface area contributed by atoms with Gasteiger partial charge in [0.25, 0.3) is 0 Å². The minimum absolute atomic E-state index is 0.374. The molecular formula is C17H22O2. The highest BCUT2D eigenvalue weighted by Gasteiger charge is 2.11. The minimum atomic E-state index is -0.374. The van der Waals surface area contributed by atoms with Crippen LogP contribution in [0.1, 0.15) is 38.4 Å². The molecule has 0 aliphatic rings. The van der Waals surface area contributed by atoms with Crippen LogP contribution in [-0.4, -0.2) is 12.2 Å². The zero-order valence-corrected chi connectivity index (χ0v) is 11.9. The molecule has 2 heteroatoms. The number of rotatable bonds is 5. The number of fused-ring (bicyclic) bond motifs is 1. The Morgan fingerprint density at radius 1 is 1.11 bits per heavy atom. The van der Waals surface area contributed by atoms with Gasteiger partial charge in [-0.15, -0.1) is 0 Å². The van der Waals surface area contributed by atoms with Gasteiger partial charge >= 0.3 is 0 Å². The van der Waals surface area contributed by atoms with Crippen molar-refractivity contribution >= 4 is 10.8 Å². The van der Waals surface area contributed by atoms with Crippen molar-refractivity contribution in [1.82, 2.24) is 0 Å². The molecule has 0 saturated heterocycles. The van der Waals surface area contributed by atoms with Crippen molar-refractivity contribution in [2.45, 2.75) is 32.8 Å². The van der Waals surface area contributed by atoms with E-state index >= 15 is 0 Å². The third-order valence-electron chi connectivity index (χ3n) is 3.78. The smallest absolute Gasteiger partial charge is 0.119 e. The van der Waals surface area contributed by atoms with E-state index in [2.05, 4.69) is 19.9 Å². The summed E-state index contributed by atoms with van der Waals surface area (Å²) in [6.07, 6.45) is 1.54. The maximum atomic E-state index is 10.3. The van der Waals surface area contributed by atoms with Crippen LogP contribution in [0, 0.1) is 5.92 Å². The lowest BCUT2D eigenvalue weighted by Crippen LogP contribution is -2.03. The molecule has 0 bridgehead atoms. The fourth-order valence-electron chi connectivity index (χ4n) is 2.26.